The Morgan fingerprint density at radius 3 is 3.35 bits per heavy atom. The molecule has 17 heavy (non-hydrogen) atoms. The third-order valence-electron chi connectivity index (χ3n) is 4.33. The third-order valence-corrected chi connectivity index (χ3v) is 4.33. The van der Waals surface area contributed by atoms with Crippen molar-refractivity contribution in [1.29, 1.82) is 5.26 Å². The Bertz CT molecular complexity index is 494. The molecular formula is C12H12N2O3. The van der Waals surface area contributed by atoms with Crippen LogP contribution in [0.1, 0.15) is 13.3 Å². The Labute approximate surface area is 98.6 Å². The second-order valence-corrected chi connectivity index (χ2v) is 4.98. The summed E-state index contributed by atoms with van der Waals surface area (Å²) in [5.41, 5.74) is 0.919. The first-order valence-corrected chi connectivity index (χ1v) is 5.98. The molecule has 2 heterocycles. The van der Waals surface area contributed by atoms with Crippen molar-refractivity contribution in [2.75, 3.05) is 6.61 Å². The Morgan fingerprint density at radius 1 is 1.82 bits per heavy atom. The summed E-state index contributed by atoms with van der Waals surface area (Å²) in [5.74, 6) is -0.0901. The second-order valence-electron chi connectivity index (χ2n) is 4.98. The minimum atomic E-state index is -0.268. The van der Waals surface area contributed by atoms with Gasteiger partial charge in [-0.15, -0.1) is 0 Å². The van der Waals surface area contributed by atoms with Crippen LogP contribution in [-0.4, -0.2) is 41.4 Å². The third kappa shape index (κ3) is 0.848. The number of amides is 1. The zero-order valence-corrected chi connectivity index (χ0v) is 9.42. The Kier molecular flexibility index (Phi) is 1.48. The van der Waals surface area contributed by atoms with Crippen molar-refractivity contribution in [3.63, 3.8) is 0 Å². The summed E-state index contributed by atoms with van der Waals surface area (Å²) in [5, 5.41) is 9.01. The molecule has 0 bridgehead atoms. The van der Waals surface area contributed by atoms with Crippen LogP contribution in [0.15, 0.2) is 11.6 Å². The average molecular weight is 232 g/mol. The predicted molar refractivity (Wildman–Crippen MR) is 55.8 cm³/mol. The molecule has 1 saturated carbocycles. The first kappa shape index (κ1) is 9.49. The van der Waals surface area contributed by atoms with E-state index in [4.69, 9.17) is 14.7 Å². The van der Waals surface area contributed by atoms with E-state index < -0.39 is 0 Å². The Morgan fingerprint density at radius 2 is 2.65 bits per heavy atom. The molecule has 2 aliphatic carbocycles. The smallest absolute Gasteiger partial charge is 0.410 e. The second kappa shape index (κ2) is 2.65. The molecule has 0 aromatic heterocycles. The summed E-state index contributed by atoms with van der Waals surface area (Å²) in [6, 6.07) is 2.38. The SMILES string of the molecule is CCOC(=O)N1C2CC(C#N)C=C3[C@H]4O[C@H]4C321. The maximum absolute atomic E-state index is 11.9. The van der Waals surface area contributed by atoms with Crippen LogP contribution < -0.4 is 0 Å². The number of hydrogen-bond acceptors (Lipinski definition) is 4. The first-order valence-electron chi connectivity index (χ1n) is 5.98. The van der Waals surface area contributed by atoms with Crippen molar-refractivity contribution in [3.8, 4) is 6.07 Å². The average Bonchev–Trinajstić information content (AvgIpc) is 3.17. The van der Waals surface area contributed by atoms with Gasteiger partial charge in [0, 0.05) is 0 Å². The zero-order chi connectivity index (χ0) is 11.8. The Hall–Kier alpha value is -1.54. The molecule has 3 fully saturated rings. The molecule has 0 N–H and O–H groups in total. The summed E-state index contributed by atoms with van der Waals surface area (Å²) in [6.07, 6.45) is 2.78. The fourth-order valence-corrected chi connectivity index (χ4v) is 3.60. The van der Waals surface area contributed by atoms with Crippen molar-refractivity contribution in [2.24, 2.45) is 5.92 Å². The van der Waals surface area contributed by atoms with E-state index in [9.17, 15) is 4.79 Å². The highest BCUT2D eigenvalue weighted by Gasteiger charge is 2.88. The van der Waals surface area contributed by atoms with Crippen molar-refractivity contribution in [3.05, 3.63) is 11.6 Å². The maximum atomic E-state index is 11.9. The molecule has 0 aromatic rings. The van der Waals surface area contributed by atoms with Gasteiger partial charge in [-0.05, 0) is 18.9 Å². The number of nitriles is 1. The fourth-order valence-electron chi connectivity index (χ4n) is 3.60. The molecule has 0 radical (unpaired) electrons. The number of carbonyl (C=O) groups excluding carboxylic acids is 1. The van der Waals surface area contributed by atoms with Crippen LogP contribution in [-0.2, 0) is 9.47 Å². The van der Waals surface area contributed by atoms with E-state index in [-0.39, 0.29) is 35.8 Å². The number of hydrogen-bond donors (Lipinski definition) is 0. The quantitative estimate of drug-likeness (QED) is 0.496. The molecule has 2 saturated heterocycles. The lowest BCUT2D eigenvalue weighted by Gasteiger charge is -2.28. The van der Waals surface area contributed by atoms with Crippen LogP contribution in [0.3, 0.4) is 0 Å². The minimum Gasteiger partial charge on any atom is -0.450 e. The number of allylic oxidation sites excluding steroid dienone is 1. The summed E-state index contributed by atoms with van der Waals surface area (Å²) >= 11 is 0. The van der Waals surface area contributed by atoms with Gasteiger partial charge in [-0.2, -0.15) is 5.26 Å². The highest BCUT2D eigenvalue weighted by Crippen LogP contribution is 2.71. The monoisotopic (exact) mass is 232 g/mol. The summed E-state index contributed by atoms with van der Waals surface area (Å²) in [7, 11) is 0. The maximum Gasteiger partial charge on any atom is 0.410 e. The number of nitrogens with zero attached hydrogens (tertiary/aromatic N) is 2. The number of carbonyl (C=O) groups is 1. The van der Waals surface area contributed by atoms with Crippen LogP contribution in [0.4, 0.5) is 4.79 Å². The van der Waals surface area contributed by atoms with Crippen LogP contribution in [0.25, 0.3) is 0 Å². The van der Waals surface area contributed by atoms with Gasteiger partial charge in [0.2, 0.25) is 0 Å². The summed E-state index contributed by atoms with van der Waals surface area (Å²) in [6.45, 7) is 2.18. The normalized spacial score (nSPS) is 47.5. The van der Waals surface area contributed by atoms with Gasteiger partial charge in [-0.3, -0.25) is 4.90 Å². The molecule has 0 aromatic carbocycles. The standard InChI is InChI=1S/C12H12N2O3/c1-2-16-11(15)14-8-4-6(5-13)3-7-9-10(17-9)12(7,8)14/h3,6,8-10H,2,4H2,1H3/t6?,8?,9-,10-,12?,14?/m1/s1. The number of epoxide rings is 1. The molecule has 3 unspecified atom stereocenters. The van der Waals surface area contributed by atoms with Crippen molar-refractivity contribution in [1.82, 2.24) is 4.90 Å². The summed E-state index contributed by atoms with van der Waals surface area (Å²) < 4.78 is 10.6. The van der Waals surface area contributed by atoms with Gasteiger partial charge in [0.15, 0.2) is 0 Å². The number of fused-ring (bicyclic) bond motifs is 2. The van der Waals surface area contributed by atoms with E-state index >= 15 is 0 Å². The van der Waals surface area contributed by atoms with Crippen LogP contribution in [0.2, 0.25) is 0 Å². The molecule has 5 atom stereocenters. The molecule has 1 amide bonds. The lowest BCUT2D eigenvalue weighted by Crippen LogP contribution is -2.45. The predicted octanol–water partition coefficient (Wildman–Crippen LogP) is 0.817. The van der Waals surface area contributed by atoms with Gasteiger partial charge in [0.05, 0.1) is 24.6 Å². The lowest BCUT2D eigenvalue weighted by atomic mass is 9.70. The van der Waals surface area contributed by atoms with Crippen LogP contribution in [0, 0.1) is 17.2 Å². The Balaban J connectivity index is 1.67. The topological polar surface area (TPSA) is 65.6 Å². The van der Waals surface area contributed by atoms with E-state index in [1.807, 2.05) is 6.08 Å². The van der Waals surface area contributed by atoms with Gasteiger partial charge < -0.3 is 9.47 Å². The van der Waals surface area contributed by atoms with E-state index in [1.165, 1.54) is 0 Å². The minimum absolute atomic E-state index is 0.0901. The molecule has 5 heteroatoms. The van der Waals surface area contributed by atoms with E-state index in [2.05, 4.69) is 6.07 Å². The van der Waals surface area contributed by atoms with E-state index in [1.54, 1.807) is 11.8 Å². The molecule has 1 spiro atoms. The van der Waals surface area contributed by atoms with E-state index in [0.29, 0.717) is 13.0 Å². The summed E-state index contributed by atoms with van der Waals surface area (Å²) in [4.78, 5) is 13.6. The van der Waals surface area contributed by atoms with Gasteiger partial charge in [-0.25, -0.2) is 4.79 Å². The number of rotatable bonds is 1. The van der Waals surface area contributed by atoms with Crippen molar-refractivity contribution < 1.29 is 14.3 Å². The lowest BCUT2D eigenvalue weighted by molar-refractivity contribution is 0.127. The first-order chi connectivity index (χ1) is 8.25. The molecule has 5 nitrogen and oxygen atoms in total. The zero-order valence-electron chi connectivity index (χ0n) is 9.42. The fraction of sp³-hybridized carbons (Fsp3) is 0.667. The van der Waals surface area contributed by atoms with Gasteiger partial charge in [0.25, 0.3) is 0 Å². The van der Waals surface area contributed by atoms with Gasteiger partial charge in [0.1, 0.15) is 17.7 Å². The largest absolute Gasteiger partial charge is 0.450 e. The van der Waals surface area contributed by atoms with Gasteiger partial charge >= 0.3 is 6.09 Å². The van der Waals surface area contributed by atoms with Gasteiger partial charge in [-0.1, -0.05) is 6.08 Å². The van der Waals surface area contributed by atoms with Crippen LogP contribution in [0.5, 0.6) is 0 Å². The highest BCUT2D eigenvalue weighted by atomic mass is 16.6. The van der Waals surface area contributed by atoms with Crippen molar-refractivity contribution >= 4 is 6.09 Å². The molecule has 4 rings (SSSR count). The molecule has 88 valence electrons. The highest BCUT2D eigenvalue weighted by molar-refractivity contribution is 5.80. The molecular weight excluding hydrogens is 220 g/mol. The van der Waals surface area contributed by atoms with E-state index in [0.717, 1.165) is 5.57 Å². The van der Waals surface area contributed by atoms with Crippen LogP contribution >= 0.6 is 0 Å². The van der Waals surface area contributed by atoms with Crippen molar-refractivity contribution in [2.45, 2.75) is 37.1 Å². The number of ether oxygens (including phenoxy) is 2. The molecule has 2 aliphatic heterocycles. The molecule has 4 aliphatic rings.